The average molecular weight is 431 g/mol. The summed E-state index contributed by atoms with van der Waals surface area (Å²) >= 11 is 12.1. The number of halogens is 2. The maximum Gasteiger partial charge on any atom is 0.330 e. The molecule has 154 valence electrons. The van der Waals surface area contributed by atoms with E-state index in [1.54, 1.807) is 11.5 Å². The highest BCUT2D eigenvalue weighted by molar-refractivity contribution is 6.53. The zero-order valence-electron chi connectivity index (χ0n) is 16.2. The Morgan fingerprint density at radius 3 is 2.46 bits per heavy atom. The summed E-state index contributed by atoms with van der Waals surface area (Å²) in [5.74, 6) is -0.101. The summed E-state index contributed by atoms with van der Waals surface area (Å²) in [5.41, 5.74) is -1.32. The van der Waals surface area contributed by atoms with Crippen LogP contribution < -0.4 is 11.2 Å². The molecule has 3 rings (SSSR count). The number of hydrogen-bond acceptors (Lipinski definition) is 5. The lowest BCUT2D eigenvalue weighted by Crippen LogP contribution is -2.31. The molecule has 0 spiro atoms. The molecule has 8 nitrogen and oxygen atoms in total. The third kappa shape index (κ3) is 3.48. The number of carbonyl (C=O) groups is 1. The molecule has 0 amide bonds. The van der Waals surface area contributed by atoms with Crippen molar-refractivity contribution in [1.29, 1.82) is 0 Å². The summed E-state index contributed by atoms with van der Waals surface area (Å²) in [7, 11) is 0. The van der Waals surface area contributed by atoms with Crippen LogP contribution in [0, 0.1) is 5.41 Å². The lowest BCUT2D eigenvalue weighted by atomic mass is 10.1. The van der Waals surface area contributed by atoms with E-state index < -0.39 is 27.0 Å². The van der Waals surface area contributed by atoms with Gasteiger partial charge < -0.3 is 9.30 Å². The molecule has 1 fully saturated rings. The highest BCUT2D eigenvalue weighted by Crippen LogP contribution is 2.64. The van der Waals surface area contributed by atoms with Gasteiger partial charge in [0.1, 0.15) is 22.2 Å². The number of unbranched alkanes of at least 4 members (excludes halogenated alkanes) is 1. The molecule has 28 heavy (non-hydrogen) atoms. The Kier molecular flexibility index (Phi) is 5.64. The molecule has 1 N–H and O–H groups in total. The van der Waals surface area contributed by atoms with E-state index in [0.717, 1.165) is 19.3 Å². The van der Waals surface area contributed by atoms with Gasteiger partial charge >= 0.3 is 11.7 Å². The van der Waals surface area contributed by atoms with Crippen LogP contribution in [0.1, 0.15) is 52.3 Å². The maximum absolute atomic E-state index is 12.5. The first-order valence-corrected chi connectivity index (χ1v) is 10.2. The number of esters is 1. The first kappa shape index (κ1) is 20.9. The van der Waals surface area contributed by atoms with Crippen LogP contribution >= 0.6 is 23.2 Å². The number of aromatic amines is 1. The van der Waals surface area contributed by atoms with Crippen molar-refractivity contribution in [3.8, 4) is 0 Å². The van der Waals surface area contributed by atoms with E-state index in [9.17, 15) is 14.4 Å². The number of H-pyrrole nitrogens is 1. The largest absolute Gasteiger partial charge is 0.457 e. The minimum atomic E-state index is -1.12. The standard InChI is InChI=1S/C18H24Cl2N4O4/c1-4-6-8-24-13-12(14(25)22-16(24)27)23(7-5-2)11(21-13)9-28-15(26)17(3)10-18(17,19)20/h4-10H2,1-3H3,(H,22,25,27). The third-order valence-corrected chi connectivity index (χ3v) is 6.29. The van der Waals surface area contributed by atoms with Crippen LogP contribution in [-0.4, -0.2) is 29.4 Å². The van der Waals surface area contributed by atoms with Crippen LogP contribution in [0.15, 0.2) is 9.59 Å². The molecule has 0 radical (unpaired) electrons. The van der Waals surface area contributed by atoms with E-state index in [1.807, 2.05) is 13.8 Å². The molecule has 0 bridgehead atoms. The van der Waals surface area contributed by atoms with E-state index in [2.05, 4.69) is 9.97 Å². The van der Waals surface area contributed by atoms with Gasteiger partial charge in [-0.2, -0.15) is 0 Å². The Hall–Kier alpha value is -1.80. The number of rotatable bonds is 8. The number of imidazole rings is 1. The first-order valence-electron chi connectivity index (χ1n) is 9.43. The van der Waals surface area contributed by atoms with Crippen LogP contribution in [0.25, 0.3) is 11.2 Å². The van der Waals surface area contributed by atoms with Crippen molar-refractivity contribution in [2.75, 3.05) is 0 Å². The van der Waals surface area contributed by atoms with Crippen molar-refractivity contribution in [1.82, 2.24) is 19.1 Å². The normalized spacial score (nSPS) is 20.5. The molecule has 1 aliphatic rings. The molecular formula is C18H24Cl2N4O4. The molecule has 2 aromatic heterocycles. The van der Waals surface area contributed by atoms with Gasteiger partial charge in [0, 0.05) is 19.5 Å². The monoisotopic (exact) mass is 430 g/mol. The molecule has 2 aromatic rings. The van der Waals surface area contributed by atoms with Crippen LogP contribution in [-0.2, 0) is 29.2 Å². The van der Waals surface area contributed by atoms with Gasteiger partial charge in [-0.3, -0.25) is 19.1 Å². The Balaban J connectivity index is 1.99. The van der Waals surface area contributed by atoms with Crippen LogP contribution in [0.4, 0.5) is 0 Å². The Morgan fingerprint density at radius 2 is 1.89 bits per heavy atom. The van der Waals surface area contributed by atoms with Gasteiger partial charge in [-0.25, -0.2) is 9.78 Å². The fourth-order valence-corrected chi connectivity index (χ4v) is 3.92. The molecular weight excluding hydrogens is 407 g/mol. The molecule has 0 aromatic carbocycles. The van der Waals surface area contributed by atoms with Gasteiger partial charge in [0.25, 0.3) is 5.56 Å². The molecule has 1 saturated carbocycles. The summed E-state index contributed by atoms with van der Waals surface area (Å²) in [6.45, 7) is 6.45. The summed E-state index contributed by atoms with van der Waals surface area (Å²) < 4.78 is 7.45. The minimum absolute atomic E-state index is 0.131. The van der Waals surface area contributed by atoms with Gasteiger partial charge in [0.15, 0.2) is 11.2 Å². The fraction of sp³-hybridized carbons (Fsp3) is 0.667. The van der Waals surface area contributed by atoms with Crippen molar-refractivity contribution in [2.45, 2.75) is 70.5 Å². The lowest BCUT2D eigenvalue weighted by Gasteiger charge is -2.12. The number of fused-ring (bicyclic) bond motifs is 1. The number of alkyl halides is 2. The smallest absolute Gasteiger partial charge is 0.330 e. The number of nitrogens with one attached hydrogen (secondary N) is 1. The van der Waals surface area contributed by atoms with Gasteiger partial charge in [0.2, 0.25) is 0 Å². The van der Waals surface area contributed by atoms with E-state index in [-0.39, 0.29) is 6.61 Å². The van der Waals surface area contributed by atoms with E-state index >= 15 is 0 Å². The van der Waals surface area contributed by atoms with Crippen LogP contribution in [0.2, 0.25) is 0 Å². The summed E-state index contributed by atoms with van der Waals surface area (Å²) in [6.07, 6.45) is 2.73. The number of carbonyl (C=O) groups excluding carboxylic acids is 1. The quantitative estimate of drug-likeness (QED) is 0.512. The predicted molar refractivity (Wildman–Crippen MR) is 107 cm³/mol. The highest BCUT2D eigenvalue weighted by atomic mass is 35.5. The number of nitrogens with zero attached hydrogens (tertiary/aromatic N) is 3. The van der Waals surface area contributed by atoms with Crippen molar-refractivity contribution >= 4 is 40.3 Å². The minimum Gasteiger partial charge on any atom is -0.457 e. The molecule has 1 unspecified atom stereocenters. The predicted octanol–water partition coefficient (Wildman–Crippen LogP) is 2.72. The third-order valence-electron chi connectivity index (χ3n) is 5.19. The number of aromatic nitrogens is 4. The topological polar surface area (TPSA) is 99.0 Å². The average Bonchev–Trinajstić information content (AvgIpc) is 2.97. The molecule has 0 aliphatic heterocycles. The summed E-state index contributed by atoms with van der Waals surface area (Å²) in [5, 5.41) is 0. The Labute approximate surface area is 171 Å². The number of ether oxygens (including phenoxy) is 1. The second-order valence-electron chi connectivity index (χ2n) is 7.41. The fourth-order valence-electron chi connectivity index (χ4n) is 3.23. The second-order valence-corrected chi connectivity index (χ2v) is 8.89. The van der Waals surface area contributed by atoms with Gasteiger partial charge in [-0.1, -0.05) is 20.3 Å². The van der Waals surface area contributed by atoms with Crippen LogP contribution in [0.3, 0.4) is 0 Å². The van der Waals surface area contributed by atoms with Crippen LogP contribution in [0.5, 0.6) is 0 Å². The Morgan fingerprint density at radius 1 is 1.21 bits per heavy atom. The van der Waals surface area contributed by atoms with E-state index in [4.69, 9.17) is 27.9 Å². The van der Waals surface area contributed by atoms with Gasteiger partial charge in [0.05, 0.1) is 0 Å². The second kappa shape index (κ2) is 7.55. The van der Waals surface area contributed by atoms with Crippen molar-refractivity contribution < 1.29 is 9.53 Å². The van der Waals surface area contributed by atoms with Crippen molar-refractivity contribution in [3.05, 3.63) is 26.7 Å². The molecule has 1 atom stereocenters. The molecule has 2 heterocycles. The SMILES string of the molecule is CCCCn1c(=O)[nH]c(=O)c2c1nc(COC(=O)C1(C)CC1(Cl)Cl)n2CCC. The highest BCUT2D eigenvalue weighted by Gasteiger charge is 2.69. The zero-order chi connectivity index (χ0) is 20.7. The van der Waals surface area contributed by atoms with E-state index in [0.29, 0.717) is 36.5 Å². The Bertz CT molecular complexity index is 1020. The summed E-state index contributed by atoms with van der Waals surface area (Å²) in [6, 6.07) is 0. The van der Waals surface area contributed by atoms with E-state index in [1.165, 1.54) is 4.57 Å². The summed E-state index contributed by atoms with van der Waals surface area (Å²) in [4.78, 5) is 43.9. The lowest BCUT2D eigenvalue weighted by molar-refractivity contribution is -0.151. The number of aryl methyl sites for hydroxylation is 2. The molecule has 1 aliphatic carbocycles. The van der Waals surface area contributed by atoms with Gasteiger partial charge in [-0.05, 0) is 19.8 Å². The van der Waals surface area contributed by atoms with Gasteiger partial charge in [-0.15, -0.1) is 23.2 Å². The van der Waals surface area contributed by atoms with Crippen molar-refractivity contribution in [2.24, 2.45) is 5.41 Å². The molecule has 10 heteroatoms. The van der Waals surface area contributed by atoms with Crippen molar-refractivity contribution in [3.63, 3.8) is 0 Å². The zero-order valence-corrected chi connectivity index (χ0v) is 17.7. The first-order chi connectivity index (χ1) is 13.2. The molecule has 0 saturated heterocycles. The maximum atomic E-state index is 12.5. The number of hydrogen-bond donors (Lipinski definition) is 1.